The van der Waals surface area contributed by atoms with E-state index in [-0.39, 0.29) is 0 Å². The summed E-state index contributed by atoms with van der Waals surface area (Å²) in [5.41, 5.74) is 6.71. The standard InChI is InChI=1S/C8H15N2O2/c9-8(11)2-1-3-10-4-6-12-7-5-10/h9H,1-7H2. The van der Waals surface area contributed by atoms with Crippen LogP contribution in [0.2, 0.25) is 0 Å². The number of hydrogen-bond acceptors (Lipinski definition) is 3. The maximum atomic E-state index is 10.3. The topological polar surface area (TPSA) is 53.3 Å². The van der Waals surface area contributed by atoms with Gasteiger partial charge >= 0.3 is 0 Å². The molecule has 1 fully saturated rings. The van der Waals surface area contributed by atoms with Gasteiger partial charge in [0, 0.05) is 19.5 Å². The van der Waals surface area contributed by atoms with E-state index in [1.807, 2.05) is 0 Å². The van der Waals surface area contributed by atoms with Gasteiger partial charge in [0.05, 0.1) is 13.2 Å². The van der Waals surface area contributed by atoms with Gasteiger partial charge in [-0.1, -0.05) is 0 Å². The molecule has 0 bridgehead atoms. The minimum absolute atomic E-state index is 0.386. The summed E-state index contributed by atoms with van der Waals surface area (Å²) in [6.45, 7) is 4.45. The van der Waals surface area contributed by atoms with Crippen LogP contribution < -0.4 is 5.73 Å². The Kier molecular flexibility index (Phi) is 4.04. The molecule has 1 amide bonds. The SMILES string of the molecule is [NH]C(=O)CCCN1CCOCC1. The molecule has 1 N–H and O–H groups in total. The lowest BCUT2D eigenvalue weighted by Crippen LogP contribution is -2.36. The normalized spacial score (nSPS) is 19.3. The number of carbonyl (C=O) groups excluding carboxylic acids is 1. The van der Waals surface area contributed by atoms with Gasteiger partial charge in [-0.2, -0.15) is 0 Å². The van der Waals surface area contributed by atoms with Crippen molar-refractivity contribution in [3.05, 3.63) is 0 Å². The van der Waals surface area contributed by atoms with Crippen molar-refractivity contribution in [2.24, 2.45) is 0 Å². The Balaban J connectivity index is 2.01. The maximum absolute atomic E-state index is 10.3. The molecular formula is C8H15N2O2. The summed E-state index contributed by atoms with van der Waals surface area (Å²) in [6, 6.07) is 0. The van der Waals surface area contributed by atoms with Crippen molar-refractivity contribution in [1.29, 1.82) is 0 Å². The second-order valence-electron chi connectivity index (χ2n) is 2.98. The van der Waals surface area contributed by atoms with Crippen LogP contribution in [0.15, 0.2) is 0 Å². The Morgan fingerprint density at radius 2 is 2.08 bits per heavy atom. The van der Waals surface area contributed by atoms with Gasteiger partial charge in [-0.3, -0.25) is 15.4 Å². The van der Waals surface area contributed by atoms with E-state index < -0.39 is 5.91 Å². The maximum Gasteiger partial charge on any atom is 0.238 e. The summed E-state index contributed by atoms with van der Waals surface area (Å²) in [5.74, 6) is -0.455. The molecule has 0 aromatic rings. The molecule has 0 atom stereocenters. The quantitative estimate of drug-likeness (QED) is 0.594. The van der Waals surface area contributed by atoms with Gasteiger partial charge in [0.1, 0.15) is 0 Å². The Morgan fingerprint density at radius 3 is 2.67 bits per heavy atom. The van der Waals surface area contributed by atoms with E-state index in [4.69, 9.17) is 10.5 Å². The third kappa shape index (κ3) is 3.69. The Labute approximate surface area is 72.7 Å². The van der Waals surface area contributed by atoms with E-state index in [2.05, 4.69) is 4.90 Å². The summed E-state index contributed by atoms with van der Waals surface area (Å²) >= 11 is 0. The van der Waals surface area contributed by atoms with E-state index in [9.17, 15) is 4.79 Å². The van der Waals surface area contributed by atoms with Crippen molar-refractivity contribution in [1.82, 2.24) is 10.6 Å². The zero-order chi connectivity index (χ0) is 8.81. The van der Waals surface area contributed by atoms with Gasteiger partial charge in [-0.05, 0) is 13.0 Å². The Bertz CT molecular complexity index is 144. The highest BCUT2D eigenvalue weighted by Crippen LogP contribution is 1.99. The number of amides is 1. The molecule has 1 aliphatic heterocycles. The number of nitrogens with one attached hydrogen (secondary N) is 1. The van der Waals surface area contributed by atoms with Gasteiger partial charge in [0.2, 0.25) is 5.91 Å². The van der Waals surface area contributed by atoms with Gasteiger partial charge < -0.3 is 4.74 Å². The molecule has 4 nitrogen and oxygen atoms in total. The number of ether oxygens (including phenoxy) is 1. The molecule has 0 aromatic carbocycles. The van der Waals surface area contributed by atoms with Crippen molar-refractivity contribution in [2.45, 2.75) is 12.8 Å². The molecule has 0 saturated carbocycles. The first-order valence-electron chi connectivity index (χ1n) is 4.33. The number of morpholine rings is 1. The van der Waals surface area contributed by atoms with Crippen LogP contribution in [-0.4, -0.2) is 43.7 Å². The average molecular weight is 171 g/mol. The first-order valence-corrected chi connectivity index (χ1v) is 4.33. The fraction of sp³-hybridized carbons (Fsp3) is 0.875. The average Bonchev–Trinajstić information content (AvgIpc) is 2.05. The van der Waals surface area contributed by atoms with Gasteiger partial charge in [-0.15, -0.1) is 0 Å². The number of hydrogen-bond donors (Lipinski definition) is 0. The second kappa shape index (κ2) is 5.11. The first-order chi connectivity index (χ1) is 5.79. The van der Waals surface area contributed by atoms with Crippen LogP contribution in [0.4, 0.5) is 0 Å². The second-order valence-corrected chi connectivity index (χ2v) is 2.98. The van der Waals surface area contributed by atoms with Crippen molar-refractivity contribution in [2.75, 3.05) is 32.8 Å². The highest BCUT2D eigenvalue weighted by Gasteiger charge is 2.09. The van der Waals surface area contributed by atoms with E-state index in [0.29, 0.717) is 6.42 Å². The minimum Gasteiger partial charge on any atom is -0.379 e. The molecule has 1 aliphatic rings. The lowest BCUT2D eigenvalue weighted by atomic mass is 10.2. The predicted octanol–water partition coefficient (Wildman–Crippen LogP) is -0.0917. The molecule has 69 valence electrons. The van der Waals surface area contributed by atoms with Crippen LogP contribution in [0.25, 0.3) is 0 Å². The predicted molar refractivity (Wildman–Crippen MR) is 44.6 cm³/mol. The minimum atomic E-state index is -0.455. The van der Waals surface area contributed by atoms with Crippen molar-refractivity contribution >= 4 is 5.91 Å². The summed E-state index contributed by atoms with van der Waals surface area (Å²) in [7, 11) is 0. The summed E-state index contributed by atoms with van der Waals surface area (Å²) in [4.78, 5) is 12.6. The molecule has 1 rings (SSSR count). The van der Waals surface area contributed by atoms with E-state index in [1.165, 1.54) is 0 Å². The molecule has 0 spiro atoms. The van der Waals surface area contributed by atoms with Crippen molar-refractivity contribution in [3.63, 3.8) is 0 Å². The van der Waals surface area contributed by atoms with Gasteiger partial charge in [-0.25, -0.2) is 0 Å². The van der Waals surface area contributed by atoms with Gasteiger partial charge in [0.15, 0.2) is 0 Å². The van der Waals surface area contributed by atoms with Crippen molar-refractivity contribution < 1.29 is 9.53 Å². The lowest BCUT2D eigenvalue weighted by molar-refractivity contribution is -0.118. The molecule has 0 aliphatic carbocycles. The fourth-order valence-corrected chi connectivity index (χ4v) is 1.29. The molecule has 1 saturated heterocycles. The first kappa shape index (κ1) is 9.48. The van der Waals surface area contributed by atoms with Crippen LogP contribution in [0, 0.1) is 0 Å². The summed E-state index contributed by atoms with van der Waals surface area (Å²) < 4.78 is 5.18. The Morgan fingerprint density at radius 1 is 1.42 bits per heavy atom. The summed E-state index contributed by atoms with van der Waals surface area (Å²) in [5, 5.41) is 0. The molecule has 12 heavy (non-hydrogen) atoms. The molecule has 4 heteroatoms. The van der Waals surface area contributed by atoms with E-state index in [0.717, 1.165) is 39.3 Å². The lowest BCUT2D eigenvalue weighted by Gasteiger charge is -2.26. The van der Waals surface area contributed by atoms with E-state index >= 15 is 0 Å². The zero-order valence-corrected chi connectivity index (χ0v) is 7.21. The molecule has 1 radical (unpaired) electrons. The molecular weight excluding hydrogens is 156 g/mol. The van der Waals surface area contributed by atoms with Crippen LogP contribution in [-0.2, 0) is 9.53 Å². The van der Waals surface area contributed by atoms with E-state index in [1.54, 1.807) is 0 Å². The number of rotatable bonds is 4. The highest BCUT2D eigenvalue weighted by molar-refractivity contribution is 5.72. The number of nitrogens with zero attached hydrogens (tertiary/aromatic N) is 1. The van der Waals surface area contributed by atoms with Crippen LogP contribution in [0.5, 0.6) is 0 Å². The molecule has 0 unspecified atom stereocenters. The fourth-order valence-electron chi connectivity index (χ4n) is 1.29. The number of carbonyl (C=O) groups is 1. The third-order valence-corrected chi connectivity index (χ3v) is 1.98. The third-order valence-electron chi connectivity index (χ3n) is 1.98. The zero-order valence-electron chi connectivity index (χ0n) is 7.21. The summed E-state index contributed by atoms with van der Waals surface area (Å²) in [6.07, 6.45) is 1.19. The Hall–Kier alpha value is -0.610. The molecule has 0 aromatic heterocycles. The van der Waals surface area contributed by atoms with Crippen LogP contribution in [0.1, 0.15) is 12.8 Å². The van der Waals surface area contributed by atoms with Crippen LogP contribution >= 0.6 is 0 Å². The molecule has 1 heterocycles. The largest absolute Gasteiger partial charge is 0.379 e. The monoisotopic (exact) mass is 171 g/mol. The van der Waals surface area contributed by atoms with Crippen molar-refractivity contribution in [3.8, 4) is 0 Å². The smallest absolute Gasteiger partial charge is 0.238 e. The van der Waals surface area contributed by atoms with Crippen LogP contribution in [0.3, 0.4) is 0 Å². The van der Waals surface area contributed by atoms with Gasteiger partial charge in [0.25, 0.3) is 0 Å². The highest BCUT2D eigenvalue weighted by atomic mass is 16.5.